The summed E-state index contributed by atoms with van der Waals surface area (Å²) in [5, 5.41) is 60.3. The van der Waals surface area contributed by atoms with E-state index < -0.39 is 79.7 Å². The van der Waals surface area contributed by atoms with E-state index in [4.69, 9.17) is 0 Å². The summed E-state index contributed by atoms with van der Waals surface area (Å²) in [6.45, 7) is 0. The number of carboxylic acid groups (broad SMARTS) is 4. The molecule has 0 bridgehead atoms. The minimum Gasteiger partial charge on any atom is -0.545 e. The van der Waals surface area contributed by atoms with E-state index in [9.17, 15) is 59.3 Å². The van der Waals surface area contributed by atoms with Gasteiger partial charge in [0.1, 0.15) is 0 Å². The van der Waals surface area contributed by atoms with Crippen molar-refractivity contribution < 1.29 is 172 Å². The number of anilines is 2. The van der Waals surface area contributed by atoms with E-state index in [1.807, 2.05) is 0 Å². The summed E-state index contributed by atoms with van der Waals surface area (Å²) < 4.78 is 0. The van der Waals surface area contributed by atoms with Crippen LogP contribution in [0.5, 0.6) is 0 Å². The predicted molar refractivity (Wildman–Crippen MR) is 119 cm³/mol. The molecule has 0 radical (unpaired) electrons. The Hall–Kier alpha value is -2.12. The van der Waals surface area contributed by atoms with Crippen molar-refractivity contribution in [2.45, 2.75) is 0 Å². The number of nitrogens with zero attached hydrogens (tertiary/aromatic N) is 1. The maximum atomic E-state index is 12.8. The topological polar surface area (TPSA) is 262 Å². The van der Waals surface area contributed by atoms with Crippen LogP contribution in [0.1, 0.15) is 62.1 Å². The molecule has 2 amide bonds. The summed E-state index contributed by atoms with van der Waals surface area (Å²) in [6.07, 6.45) is 0. The van der Waals surface area contributed by atoms with Crippen LogP contribution in [0.25, 0.3) is 0 Å². The Kier molecular flexibility index (Phi) is 18.6. The van der Waals surface area contributed by atoms with Gasteiger partial charge in [-0.05, 0) is 64.7 Å². The number of rotatable bonds is 9. The Morgan fingerprint density at radius 1 is 0.465 bits per heavy atom. The third kappa shape index (κ3) is 11.7. The number of aromatic carboxylic acids is 4. The maximum absolute atomic E-state index is 12.8. The number of carbonyl (C=O) groups excluding carboxylic acids is 6. The van der Waals surface area contributed by atoms with Gasteiger partial charge in [0.15, 0.2) is 0 Å². The van der Waals surface area contributed by atoms with Crippen molar-refractivity contribution in [2.24, 2.45) is 0 Å². The number of hydrogen-bond donors (Lipinski definition) is 2. The minimum atomic E-state index is -1.77. The van der Waals surface area contributed by atoms with Gasteiger partial charge in [-0.25, -0.2) is 0 Å². The third-order valence-electron chi connectivity index (χ3n) is 4.98. The zero-order valence-electron chi connectivity index (χ0n) is 23.0. The summed E-state index contributed by atoms with van der Waals surface area (Å²) >= 11 is 0. The molecule has 0 aliphatic carbocycles. The predicted octanol–water partition coefficient (Wildman–Crippen LogP) is -14.4. The Bertz CT molecular complexity index is 1440. The van der Waals surface area contributed by atoms with Crippen LogP contribution < -0.4 is 149 Å². The van der Waals surface area contributed by atoms with Crippen LogP contribution in [0.15, 0.2) is 54.6 Å². The van der Waals surface area contributed by atoms with Crippen LogP contribution in [0.4, 0.5) is 17.1 Å². The van der Waals surface area contributed by atoms with Crippen molar-refractivity contribution in [1.82, 2.24) is 0 Å². The van der Waals surface area contributed by atoms with Crippen LogP contribution in [0.3, 0.4) is 0 Å². The fourth-order valence-electron chi connectivity index (χ4n) is 3.26. The largest absolute Gasteiger partial charge is 1.00 e. The van der Waals surface area contributed by atoms with Crippen molar-refractivity contribution in [3.8, 4) is 0 Å². The second-order valence-electron chi connectivity index (χ2n) is 7.68. The van der Waals surface area contributed by atoms with Gasteiger partial charge in [-0.3, -0.25) is 19.7 Å². The van der Waals surface area contributed by atoms with Gasteiger partial charge in [-0.1, -0.05) is 0 Å². The summed E-state index contributed by atoms with van der Waals surface area (Å²) in [4.78, 5) is 80.7. The molecule has 0 saturated heterocycles. The molecule has 3 rings (SSSR count). The number of amides is 2. The molecule has 2 N–H and O–H groups in total. The van der Waals surface area contributed by atoms with E-state index in [0.29, 0.717) is 0 Å². The first-order valence-corrected chi connectivity index (χ1v) is 10.3. The summed E-state index contributed by atoms with van der Waals surface area (Å²) in [5.74, 6) is -9.32. The summed E-state index contributed by atoms with van der Waals surface area (Å²) in [6, 6.07) is 7.25. The fourth-order valence-corrected chi connectivity index (χ4v) is 3.26. The van der Waals surface area contributed by atoms with E-state index in [1.54, 1.807) is 0 Å². The zero-order valence-corrected chi connectivity index (χ0v) is 31.0. The molecule has 3 aromatic rings. The van der Waals surface area contributed by atoms with Crippen LogP contribution in [-0.2, 0) is 0 Å². The standard InChI is InChI=1S/C24H15N3O12.4Na/c28-19(25-16-4-12(21(30)31)2-13(5-16)22(32)33)10-1-11(9-18(8-10)27(38)39)20(29)26-17-6-14(23(34)35)3-15(7-17)24(36)37;;;;/h1-9H,(H,25,28)(H,26,29)(H,30,31)(H,32,33)(H,34,35)(H,36,37);;;;/q;4*+1/p-4. The van der Waals surface area contributed by atoms with Gasteiger partial charge in [-0.15, -0.1) is 0 Å². The first kappa shape index (κ1) is 43.0. The van der Waals surface area contributed by atoms with E-state index in [1.165, 1.54) is 0 Å². The van der Waals surface area contributed by atoms with Gasteiger partial charge in [-0.2, -0.15) is 0 Å². The first-order chi connectivity index (χ1) is 18.2. The molecular weight excluding hydrogens is 614 g/mol. The second-order valence-corrected chi connectivity index (χ2v) is 7.68. The molecule has 0 atom stereocenters. The summed E-state index contributed by atoms with van der Waals surface area (Å²) in [7, 11) is 0. The minimum absolute atomic E-state index is 0. The number of benzene rings is 3. The number of carboxylic acids is 4. The second kappa shape index (κ2) is 18.6. The van der Waals surface area contributed by atoms with Crippen molar-refractivity contribution in [1.29, 1.82) is 0 Å². The zero-order chi connectivity index (χ0) is 29.0. The monoisotopic (exact) mass is 625 g/mol. The Labute approximate surface area is 329 Å². The van der Waals surface area contributed by atoms with Crippen LogP contribution in [0, 0.1) is 10.1 Å². The van der Waals surface area contributed by atoms with Crippen molar-refractivity contribution in [2.75, 3.05) is 10.6 Å². The normalized spacial score (nSPS) is 9.30. The van der Waals surface area contributed by atoms with Crippen molar-refractivity contribution in [3.63, 3.8) is 0 Å². The van der Waals surface area contributed by atoms with Gasteiger partial charge < -0.3 is 50.2 Å². The maximum Gasteiger partial charge on any atom is 1.00 e. The van der Waals surface area contributed by atoms with Gasteiger partial charge in [0.05, 0.1) is 28.8 Å². The average molecular weight is 625 g/mol. The Morgan fingerprint density at radius 3 is 0.953 bits per heavy atom. The van der Waals surface area contributed by atoms with Crippen LogP contribution in [-0.4, -0.2) is 40.6 Å². The van der Waals surface area contributed by atoms with Crippen molar-refractivity contribution >= 4 is 52.8 Å². The first-order valence-electron chi connectivity index (χ1n) is 10.3. The van der Waals surface area contributed by atoms with E-state index in [0.717, 1.165) is 54.6 Å². The molecule has 0 aromatic heterocycles. The number of nitro groups is 1. The number of hydrogen-bond acceptors (Lipinski definition) is 12. The van der Waals surface area contributed by atoms with E-state index >= 15 is 0 Å². The Morgan fingerprint density at radius 2 is 0.721 bits per heavy atom. The van der Waals surface area contributed by atoms with Gasteiger partial charge >= 0.3 is 118 Å². The van der Waals surface area contributed by atoms with E-state index in [-0.39, 0.29) is 130 Å². The molecule has 0 saturated carbocycles. The molecule has 0 fully saturated rings. The molecule has 0 unspecified atom stereocenters. The Balaban J connectivity index is 0. The van der Waals surface area contributed by atoms with Gasteiger partial charge in [0.25, 0.3) is 17.5 Å². The molecule has 43 heavy (non-hydrogen) atoms. The number of nitrogens with one attached hydrogen (secondary N) is 2. The third-order valence-corrected chi connectivity index (χ3v) is 4.98. The van der Waals surface area contributed by atoms with Gasteiger partial charge in [0, 0.05) is 34.6 Å². The molecule has 19 heteroatoms. The smallest absolute Gasteiger partial charge is 0.545 e. The molecule has 3 aromatic carbocycles. The molecule has 0 spiro atoms. The average Bonchev–Trinajstić information content (AvgIpc) is 2.87. The molecule has 0 aliphatic rings. The summed E-state index contributed by atoms with van der Waals surface area (Å²) in [5.41, 5.74) is -4.95. The van der Waals surface area contributed by atoms with Crippen LogP contribution in [0.2, 0.25) is 0 Å². The number of nitro benzene ring substituents is 1. The fraction of sp³-hybridized carbons (Fsp3) is 0. The molecule has 15 nitrogen and oxygen atoms in total. The van der Waals surface area contributed by atoms with Crippen LogP contribution >= 0.6 is 0 Å². The molecular formula is C24H11N3Na4O12. The quantitative estimate of drug-likeness (QED) is 0.128. The number of carbonyl (C=O) groups is 6. The number of non-ortho nitro benzene ring substituents is 1. The van der Waals surface area contributed by atoms with E-state index in [2.05, 4.69) is 10.6 Å². The molecule has 0 aliphatic heterocycles. The molecule has 198 valence electrons. The van der Waals surface area contributed by atoms with Crippen molar-refractivity contribution in [3.05, 3.63) is 98.1 Å². The molecule has 0 heterocycles. The SMILES string of the molecule is O=C([O-])c1cc(NC(=O)c2cc(C(=O)Nc3cc(C(=O)[O-])cc(C(=O)[O-])c3)cc([N+](=O)[O-])c2)cc(C(=O)[O-])c1.[Na+].[Na+].[Na+].[Na+]. The van der Waals surface area contributed by atoms with Gasteiger partial charge in [0.2, 0.25) is 0 Å².